The molecule has 34 heavy (non-hydrogen) atoms. The smallest absolute Gasteiger partial charge is 0.352 e. The van der Waals surface area contributed by atoms with Crippen LogP contribution in [0.2, 0.25) is 0 Å². The SMILES string of the molecule is Cn1nnnc1SCC1=C(C(=O)O)N2C(=O)[C@@H](NC(=O)[C@H](OC=O)c3ccccc3)[C@H]2SC1.[Na]. The number of hydrogen-bond acceptors (Lipinski definition) is 10. The number of fused-ring (bicyclic) bond motifs is 1. The van der Waals surface area contributed by atoms with Gasteiger partial charge in [-0.15, -0.1) is 16.9 Å². The molecule has 15 heteroatoms. The second kappa shape index (κ2) is 11.4. The molecule has 0 bridgehead atoms. The minimum atomic E-state index is -1.23. The zero-order chi connectivity index (χ0) is 23.5. The summed E-state index contributed by atoms with van der Waals surface area (Å²) in [6.07, 6.45) is -1.22. The van der Waals surface area contributed by atoms with Gasteiger partial charge in [-0.25, -0.2) is 9.48 Å². The van der Waals surface area contributed by atoms with Gasteiger partial charge in [-0.3, -0.25) is 19.3 Å². The maximum Gasteiger partial charge on any atom is 0.352 e. The number of carboxylic acid groups (broad SMARTS) is 1. The monoisotopic (exact) mass is 513 g/mol. The Morgan fingerprint density at radius 2 is 2.12 bits per heavy atom. The minimum Gasteiger partial charge on any atom is -0.477 e. The first-order chi connectivity index (χ1) is 15.9. The molecule has 2 aliphatic heterocycles. The zero-order valence-electron chi connectivity index (χ0n) is 18.2. The summed E-state index contributed by atoms with van der Waals surface area (Å²) >= 11 is 2.61. The molecule has 1 aromatic heterocycles. The largest absolute Gasteiger partial charge is 0.477 e. The molecule has 3 atom stereocenters. The number of aliphatic carboxylic acids is 1. The molecule has 0 spiro atoms. The number of carboxylic acids is 1. The van der Waals surface area contributed by atoms with E-state index in [0.29, 0.717) is 27.8 Å². The van der Waals surface area contributed by atoms with Crippen molar-refractivity contribution in [2.75, 3.05) is 11.5 Å². The van der Waals surface area contributed by atoms with Crippen LogP contribution in [0, 0.1) is 0 Å². The third-order valence-corrected chi connectivity index (χ3v) is 7.47. The first kappa shape index (κ1) is 26.2. The predicted molar refractivity (Wildman–Crippen MR) is 121 cm³/mol. The number of thioether (sulfide) groups is 2. The van der Waals surface area contributed by atoms with E-state index in [1.54, 1.807) is 37.4 Å². The summed E-state index contributed by atoms with van der Waals surface area (Å²) in [5.74, 6) is -1.79. The van der Waals surface area contributed by atoms with Gasteiger partial charge < -0.3 is 15.2 Å². The molecule has 4 rings (SSSR count). The van der Waals surface area contributed by atoms with Gasteiger partial charge in [0, 0.05) is 53.7 Å². The van der Waals surface area contributed by atoms with E-state index in [0.717, 1.165) is 0 Å². The van der Waals surface area contributed by atoms with Gasteiger partial charge in [-0.05, 0) is 16.0 Å². The van der Waals surface area contributed by atoms with Gasteiger partial charge in [0.2, 0.25) is 11.3 Å². The molecule has 173 valence electrons. The quantitative estimate of drug-likeness (QED) is 0.194. The molecule has 0 aliphatic carbocycles. The Labute approximate surface area is 224 Å². The predicted octanol–water partition coefficient (Wildman–Crippen LogP) is -0.426. The van der Waals surface area contributed by atoms with Crippen LogP contribution in [-0.4, -0.2) is 107 Å². The van der Waals surface area contributed by atoms with Crippen LogP contribution < -0.4 is 5.32 Å². The molecule has 2 N–H and O–H groups in total. The van der Waals surface area contributed by atoms with Crippen molar-refractivity contribution in [3.8, 4) is 0 Å². The Hall–Kier alpha value is -2.39. The third-order valence-electron chi connectivity index (χ3n) is 5.04. The first-order valence-electron chi connectivity index (χ1n) is 9.62. The van der Waals surface area contributed by atoms with E-state index in [2.05, 4.69) is 20.8 Å². The van der Waals surface area contributed by atoms with Crippen LogP contribution in [0.5, 0.6) is 0 Å². The fourth-order valence-electron chi connectivity index (χ4n) is 3.49. The molecule has 0 unspecified atom stereocenters. The van der Waals surface area contributed by atoms with Crippen LogP contribution in [0.15, 0.2) is 46.8 Å². The summed E-state index contributed by atoms with van der Waals surface area (Å²) in [7, 11) is 1.67. The van der Waals surface area contributed by atoms with E-state index in [1.165, 1.54) is 33.1 Å². The van der Waals surface area contributed by atoms with Crippen molar-refractivity contribution in [3.05, 3.63) is 47.2 Å². The van der Waals surface area contributed by atoms with Gasteiger partial charge in [0.15, 0.2) is 0 Å². The Bertz CT molecular complexity index is 1130. The van der Waals surface area contributed by atoms with Crippen LogP contribution in [0.3, 0.4) is 0 Å². The van der Waals surface area contributed by atoms with Crippen molar-refractivity contribution in [2.24, 2.45) is 7.05 Å². The van der Waals surface area contributed by atoms with Crippen molar-refractivity contribution < 1.29 is 29.0 Å². The number of carbonyl (C=O) groups is 4. The van der Waals surface area contributed by atoms with Crippen LogP contribution >= 0.6 is 23.5 Å². The van der Waals surface area contributed by atoms with Gasteiger partial charge in [-0.1, -0.05) is 42.1 Å². The number of benzene rings is 1. The number of amides is 2. The van der Waals surface area contributed by atoms with Gasteiger partial charge in [-0.2, -0.15) is 0 Å². The number of nitrogens with zero attached hydrogens (tertiary/aromatic N) is 5. The Balaban J connectivity index is 0.00000324. The molecule has 0 saturated carbocycles. The summed E-state index contributed by atoms with van der Waals surface area (Å²) in [5.41, 5.74) is 0.910. The number of tetrazole rings is 1. The van der Waals surface area contributed by atoms with Crippen molar-refractivity contribution in [1.82, 2.24) is 30.4 Å². The van der Waals surface area contributed by atoms with E-state index >= 15 is 0 Å². The van der Waals surface area contributed by atoms with E-state index in [4.69, 9.17) is 4.74 Å². The van der Waals surface area contributed by atoms with Crippen molar-refractivity contribution in [2.45, 2.75) is 22.7 Å². The number of rotatable bonds is 9. The molecule has 2 aromatic rings. The van der Waals surface area contributed by atoms with Crippen molar-refractivity contribution >= 4 is 77.3 Å². The summed E-state index contributed by atoms with van der Waals surface area (Å²) in [4.78, 5) is 49.7. The van der Waals surface area contributed by atoms with Crippen LogP contribution in [0.25, 0.3) is 0 Å². The number of aromatic nitrogens is 4. The van der Waals surface area contributed by atoms with E-state index in [9.17, 15) is 24.3 Å². The molecule has 1 aromatic carbocycles. The van der Waals surface area contributed by atoms with Crippen LogP contribution in [0.1, 0.15) is 11.7 Å². The van der Waals surface area contributed by atoms with Crippen LogP contribution in [-0.2, 0) is 31.0 Å². The average Bonchev–Trinajstić information content (AvgIpc) is 3.23. The van der Waals surface area contributed by atoms with Crippen LogP contribution in [0.4, 0.5) is 0 Å². The average molecular weight is 514 g/mol. The second-order valence-corrected chi connectivity index (χ2v) is 9.10. The molecule has 2 amide bonds. The number of β-lactam (4-membered cyclic amide) rings is 1. The molecule has 1 radical (unpaired) electrons. The number of carbonyl (C=O) groups excluding carboxylic acids is 3. The Kier molecular flexibility index (Phi) is 8.76. The van der Waals surface area contributed by atoms with Gasteiger partial charge in [0.1, 0.15) is 17.1 Å². The Morgan fingerprint density at radius 3 is 2.74 bits per heavy atom. The van der Waals surface area contributed by atoms with E-state index in [1.807, 2.05) is 0 Å². The molecule has 2 aliphatic rings. The number of hydrogen-bond donors (Lipinski definition) is 2. The molecule has 1 fully saturated rings. The van der Waals surface area contributed by atoms with E-state index < -0.39 is 35.3 Å². The fourth-order valence-corrected chi connectivity index (χ4v) is 5.83. The van der Waals surface area contributed by atoms with Crippen molar-refractivity contribution in [3.63, 3.8) is 0 Å². The maximum atomic E-state index is 12.8. The zero-order valence-corrected chi connectivity index (χ0v) is 21.8. The summed E-state index contributed by atoms with van der Waals surface area (Å²) in [6, 6.07) is 7.45. The molecular formula is C19H18N6NaO6S2. The van der Waals surface area contributed by atoms with Gasteiger partial charge in [0.25, 0.3) is 18.3 Å². The molecular weight excluding hydrogens is 495 g/mol. The number of nitrogens with one attached hydrogen (secondary N) is 1. The normalized spacial score (nSPS) is 19.9. The standard InChI is InChI=1S/C19H18N6O6S2.Na/c1-24-19(21-22-23-24)33-8-11-7-32-17-12(16(28)25(17)13(11)18(29)30)20-15(27)14(31-9-26)10-5-3-2-4-6-10;/h2-6,9,12,14,17H,7-8H2,1H3,(H,20,27)(H,29,30);/t12-,14-,17-;/m1./s1. The van der Waals surface area contributed by atoms with Gasteiger partial charge in [0.05, 0.1) is 0 Å². The summed E-state index contributed by atoms with van der Waals surface area (Å²) in [5, 5.41) is 23.4. The Morgan fingerprint density at radius 1 is 1.38 bits per heavy atom. The second-order valence-electron chi connectivity index (χ2n) is 7.05. The number of aryl methyl sites for hydroxylation is 1. The fraction of sp³-hybridized carbons (Fsp3) is 0.316. The van der Waals surface area contributed by atoms with E-state index in [-0.39, 0.29) is 41.7 Å². The summed E-state index contributed by atoms with van der Waals surface area (Å²) < 4.78 is 6.40. The topological polar surface area (TPSA) is 157 Å². The molecule has 1 saturated heterocycles. The molecule has 12 nitrogen and oxygen atoms in total. The maximum absolute atomic E-state index is 12.8. The molecule has 3 heterocycles. The third kappa shape index (κ3) is 5.15. The van der Waals surface area contributed by atoms with Gasteiger partial charge >= 0.3 is 5.97 Å². The summed E-state index contributed by atoms with van der Waals surface area (Å²) in [6.45, 7) is 0.170. The first-order valence-corrected chi connectivity index (χ1v) is 11.7. The number of ether oxygens (including phenoxy) is 1. The van der Waals surface area contributed by atoms with Crippen molar-refractivity contribution in [1.29, 1.82) is 0 Å². The minimum absolute atomic E-state index is 0.